The van der Waals surface area contributed by atoms with Crippen LogP contribution in [0.1, 0.15) is 11.1 Å². The molecule has 2 aromatic rings. The average Bonchev–Trinajstić information content (AvgIpc) is 2.28. The molecule has 0 amide bonds. The third-order valence-electron chi connectivity index (χ3n) is 2.57. The molecule has 0 aliphatic carbocycles. The highest BCUT2D eigenvalue weighted by Crippen LogP contribution is 2.26. The summed E-state index contributed by atoms with van der Waals surface area (Å²) >= 11 is 2.32. The summed E-state index contributed by atoms with van der Waals surface area (Å²) < 4.78 is 1.22. The van der Waals surface area contributed by atoms with E-state index < -0.39 is 0 Å². The van der Waals surface area contributed by atoms with Crippen molar-refractivity contribution in [3.8, 4) is 0 Å². The maximum atomic E-state index is 5.93. The summed E-state index contributed by atoms with van der Waals surface area (Å²) in [5.74, 6) is 0.709. The number of aryl methyl sites for hydroxylation is 1. The van der Waals surface area contributed by atoms with Gasteiger partial charge in [0, 0.05) is 15.5 Å². The molecule has 88 valence electrons. The van der Waals surface area contributed by atoms with Gasteiger partial charge in [0.25, 0.3) is 0 Å². The van der Waals surface area contributed by atoms with Gasteiger partial charge in [0.2, 0.25) is 0 Å². The van der Waals surface area contributed by atoms with Gasteiger partial charge in [-0.15, -0.1) is 0 Å². The lowest BCUT2D eigenvalue weighted by molar-refractivity contribution is 1.25. The van der Waals surface area contributed by atoms with Crippen LogP contribution in [-0.2, 0) is 0 Å². The largest absolute Gasteiger partial charge is 0.396 e. The first-order valence-corrected chi connectivity index (χ1v) is 6.40. The number of rotatable bonds is 2. The standard InChI is InChI=1S/C13H14IN3/c1-8-6-11(15)13(16-7-8)17-12-5-3-4-10(14)9(12)2/h3-7H,15H2,1-2H3,(H,16,17). The van der Waals surface area contributed by atoms with E-state index in [2.05, 4.69) is 45.9 Å². The van der Waals surface area contributed by atoms with Crippen molar-refractivity contribution in [3.05, 3.63) is 45.2 Å². The Bertz CT molecular complexity index is 552. The SMILES string of the molecule is Cc1cnc(Nc2cccc(I)c2C)c(N)c1. The Labute approximate surface area is 115 Å². The number of halogens is 1. The summed E-state index contributed by atoms with van der Waals surface area (Å²) in [6.45, 7) is 4.05. The van der Waals surface area contributed by atoms with Gasteiger partial charge in [-0.2, -0.15) is 0 Å². The van der Waals surface area contributed by atoms with E-state index in [4.69, 9.17) is 5.73 Å². The number of aromatic nitrogens is 1. The van der Waals surface area contributed by atoms with E-state index in [1.807, 2.05) is 31.3 Å². The topological polar surface area (TPSA) is 50.9 Å². The highest BCUT2D eigenvalue weighted by atomic mass is 127. The number of nitrogens with zero attached hydrogens (tertiary/aromatic N) is 1. The first kappa shape index (κ1) is 12.2. The van der Waals surface area contributed by atoms with E-state index in [-0.39, 0.29) is 0 Å². The normalized spacial score (nSPS) is 10.3. The number of nitrogens with two attached hydrogens (primary N) is 1. The Kier molecular flexibility index (Phi) is 3.51. The maximum absolute atomic E-state index is 5.93. The Morgan fingerprint density at radius 1 is 1.29 bits per heavy atom. The molecule has 0 aliphatic heterocycles. The fraction of sp³-hybridized carbons (Fsp3) is 0.154. The van der Waals surface area contributed by atoms with Crippen LogP contribution in [0.25, 0.3) is 0 Å². The van der Waals surface area contributed by atoms with Gasteiger partial charge in [0.1, 0.15) is 0 Å². The number of pyridine rings is 1. The number of hydrogen-bond acceptors (Lipinski definition) is 3. The molecule has 0 atom stereocenters. The molecule has 0 aliphatic rings. The van der Waals surface area contributed by atoms with Crippen LogP contribution in [0.4, 0.5) is 17.2 Å². The summed E-state index contributed by atoms with van der Waals surface area (Å²) in [4.78, 5) is 4.31. The molecule has 1 aromatic heterocycles. The van der Waals surface area contributed by atoms with Crippen molar-refractivity contribution in [2.24, 2.45) is 0 Å². The minimum Gasteiger partial charge on any atom is -0.396 e. The van der Waals surface area contributed by atoms with Gasteiger partial charge in [0.15, 0.2) is 5.82 Å². The Morgan fingerprint density at radius 3 is 2.76 bits per heavy atom. The number of benzene rings is 1. The van der Waals surface area contributed by atoms with Gasteiger partial charge in [-0.25, -0.2) is 4.98 Å². The van der Waals surface area contributed by atoms with Crippen molar-refractivity contribution in [1.29, 1.82) is 0 Å². The monoisotopic (exact) mass is 339 g/mol. The van der Waals surface area contributed by atoms with Crippen LogP contribution in [0.2, 0.25) is 0 Å². The smallest absolute Gasteiger partial charge is 0.153 e. The summed E-state index contributed by atoms with van der Waals surface area (Å²) in [6.07, 6.45) is 1.81. The zero-order chi connectivity index (χ0) is 12.4. The Hall–Kier alpha value is -1.30. The van der Waals surface area contributed by atoms with Crippen molar-refractivity contribution in [2.75, 3.05) is 11.1 Å². The second-order valence-corrected chi connectivity index (χ2v) is 5.15. The number of nitrogens with one attached hydrogen (secondary N) is 1. The third kappa shape index (κ3) is 2.69. The van der Waals surface area contributed by atoms with E-state index in [1.54, 1.807) is 0 Å². The van der Waals surface area contributed by atoms with Crippen molar-refractivity contribution >= 4 is 39.8 Å². The minimum absolute atomic E-state index is 0.670. The Morgan fingerprint density at radius 2 is 2.06 bits per heavy atom. The van der Waals surface area contributed by atoms with Gasteiger partial charge in [0.05, 0.1) is 5.69 Å². The highest BCUT2D eigenvalue weighted by Gasteiger charge is 2.05. The lowest BCUT2D eigenvalue weighted by Crippen LogP contribution is -2.01. The lowest BCUT2D eigenvalue weighted by Gasteiger charge is -2.12. The molecular formula is C13H14IN3. The molecular weight excluding hydrogens is 325 g/mol. The zero-order valence-electron chi connectivity index (χ0n) is 9.79. The fourth-order valence-electron chi connectivity index (χ4n) is 1.57. The van der Waals surface area contributed by atoms with Crippen LogP contribution in [-0.4, -0.2) is 4.98 Å². The lowest BCUT2D eigenvalue weighted by atomic mass is 10.2. The van der Waals surface area contributed by atoms with Crippen LogP contribution < -0.4 is 11.1 Å². The number of hydrogen-bond donors (Lipinski definition) is 2. The van der Waals surface area contributed by atoms with Crippen molar-refractivity contribution in [3.63, 3.8) is 0 Å². The molecule has 0 bridgehead atoms. The molecule has 4 heteroatoms. The van der Waals surface area contributed by atoms with E-state index in [0.29, 0.717) is 11.5 Å². The third-order valence-corrected chi connectivity index (χ3v) is 3.74. The molecule has 0 spiro atoms. The first-order chi connectivity index (χ1) is 8.08. The number of nitrogen functional groups attached to an aromatic ring is 1. The van der Waals surface area contributed by atoms with Crippen molar-refractivity contribution in [2.45, 2.75) is 13.8 Å². The Balaban J connectivity index is 2.35. The van der Waals surface area contributed by atoms with E-state index in [1.165, 1.54) is 9.13 Å². The van der Waals surface area contributed by atoms with Gasteiger partial charge in [-0.3, -0.25) is 0 Å². The van der Waals surface area contributed by atoms with Crippen molar-refractivity contribution < 1.29 is 0 Å². The molecule has 2 rings (SSSR count). The molecule has 1 heterocycles. The van der Waals surface area contributed by atoms with Crippen LogP contribution in [0.15, 0.2) is 30.5 Å². The van der Waals surface area contributed by atoms with Crippen LogP contribution >= 0.6 is 22.6 Å². The summed E-state index contributed by atoms with van der Waals surface area (Å²) in [5.41, 5.74) is 9.91. The molecule has 0 radical (unpaired) electrons. The highest BCUT2D eigenvalue weighted by molar-refractivity contribution is 14.1. The molecule has 0 saturated carbocycles. The zero-order valence-corrected chi connectivity index (χ0v) is 11.9. The molecule has 0 fully saturated rings. The summed E-state index contributed by atoms with van der Waals surface area (Å²) in [6, 6.07) is 8.03. The summed E-state index contributed by atoms with van der Waals surface area (Å²) in [5, 5.41) is 3.27. The minimum atomic E-state index is 0.670. The van der Waals surface area contributed by atoms with Gasteiger partial charge in [-0.05, 0) is 65.8 Å². The summed E-state index contributed by atoms with van der Waals surface area (Å²) in [7, 11) is 0. The van der Waals surface area contributed by atoms with Gasteiger partial charge in [-0.1, -0.05) is 6.07 Å². The molecule has 3 N–H and O–H groups in total. The molecule has 1 aromatic carbocycles. The van der Waals surface area contributed by atoms with Crippen LogP contribution in [0.3, 0.4) is 0 Å². The second-order valence-electron chi connectivity index (χ2n) is 3.99. The van der Waals surface area contributed by atoms with Crippen molar-refractivity contribution in [1.82, 2.24) is 4.98 Å². The van der Waals surface area contributed by atoms with E-state index in [9.17, 15) is 0 Å². The molecule has 0 unspecified atom stereocenters. The predicted molar refractivity (Wildman–Crippen MR) is 80.6 cm³/mol. The van der Waals surface area contributed by atoms with Gasteiger partial charge >= 0.3 is 0 Å². The fourth-order valence-corrected chi connectivity index (χ4v) is 2.06. The predicted octanol–water partition coefficient (Wildman–Crippen LogP) is 3.63. The van der Waals surface area contributed by atoms with Gasteiger partial charge < -0.3 is 11.1 Å². The van der Waals surface area contributed by atoms with Crippen LogP contribution in [0.5, 0.6) is 0 Å². The first-order valence-electron chi connectivity index (χ1n) is 5.32. The van der Waals surface area contributed by atoms with E-state index >= 15 is 0 Å². The average molecular weight is 339 g/mol. The molecule has 3 nitrogen and oxygen atoms in total. The second kappa shape index (κ2) is 4.91. The number of anilines is 3. The molecule has 0 saturated heterocycles. The maximum Gasteiger partial charge on any atom is 0.153 e. The van der Waals surface area contributed by atoms with E-state index in [0.717, 1.165) is 11.3 Å². The van der Waals surface area contributed by atoms with Crippen LogP contribution in [0, 0.1) is 17.4 Å². The molecule has 17 heavy (non-hydrogen) atoms. The quantitative estimate of drug-likeness (QED) is 0.822.